The van der Waals surface area contributed by atoms with Gasteiger partial charge in [-0.2, -0.15) is 0 Å². The molecule has 0 saturated heterocycles. The summed E-state index contributed by atoms with van der Waals surface area (Å²) in [6.07, 6.45) is 0. The Labute approximate surface area is 159 Å². The molecule has 0 amide bonds. The maximum Gasteiger partial charge on any atom is 0.191 e. The van der Waals surface area contributed by atoms with Crippen LogP contribution in [0.25, 0.3) is 0 Å². The molecule has 0 aliphatic carbocycles. The smallest absolute Gasteiger partial charge is 0.191 e. The van der Waals surface area contributed by atoms with E-state index < -0.39 is 0 Å². The van der Waals surface area contributed by atoms with Gasteiger partial charge in [0.25, 0.3) is 0 Å². The third-order valence-electron chi connectivity index (χ3n) is 3.11. The molecule has 0 spiro atoms. The number of aliphatic imine (C=N–C) groups is 1. The summed E-state index contributed by atoms with van der Waals surface area (Å²) in [5.41, 5.74) is 2.37. The van der Waals surface area contributed by atoms with E-state index in [-0.39, 0.29) is 24.0 Å². The van der Waals surface area contributed by atoms with Crippen molar-refractivity contribution in [3.05, 3.63) is 57.8 Å². The lowest BCUT2D eigenvalue weighted by Crippen LogP contribution is -2.36. The van der Waals surface area contributed by atoms with Crippen molar-refractivity contribution in [3.8, 4) is 0 Å². The Morgan fingerprint density at radius 3 is 2.48 bits per heavy atom. The number of rotatable bonds is 7. The second-order valence-electron chi connectivity index (χ2n) is 4.88. The minimum atomic E-state index is 0. The lowest BCUT2D eigenvalue weighted by atomic mass is 10.1. The Morgan fingerprint density at radius 1 is 1.13 bits per heavy atom. The maximum atomic E-state index is 5.12. The van der Waals surface area contributed by atoms with E-state index in [2.05, 4.69) is 64.3 Å². The van der Waals surface area contributed by atoms with Crippen molar-refractivity contribution in [1.29, 1.82) is 0 Å². The number of nitrogens with zero attached hydrogens (tertiary/aromatic N) is 1. The molecule has 2 rings (SSSR count). The van der Waals surface area contributed by atoms with E-state index in [1.165, 1.54) is 16.0 Å². The molecule has 6 heteroatoms. The van der Waals surface area contributed by atoms with Gasteiger partial charge in [0.2, 0.25) is 0 Å². The molecule has 23 heavy (non-hydrogen) atoms. The van der Waals surface area contributed by atoms with Gasteiger partial charge in [0, 0.05) is 18.5 Å². The summed E-state index contributed by atoms with van der Waals surface area (Å²) in [6, 6.07) is 12.5. The van der Waals surface area contributed by atoms with Gasteiger partial charge in [0.15, 0.2) is 5.96 Å². The normalized spacial score (nSPS) is 11.0. The zero-order valence-corrected chi connectivity index (χ0v) is 16.7. The molecule has 1 heterocycles. The standard InChI is InChI=1S/C17H23N3OS.HI/c1-3-18-17(20-12-16-5-4-10-22-16)19-11-14-6-8-15(9-7-14)13-21-2;/h4-10H,3,11-13H2,1-2H3,(H2,18,19,20);1H. The number of benzene rings is 1. The van der Waals surface area contributed by atoms with E-state index in [9.17, 15) is 0 Å². The molecule has 0 unspecified atom stereocenters. The molecular formula is C17H24IN3OS. The van der Waals surface area contributed by atoms with Gasteiger partial charge in [-0.15, -0.1) is 35.3 Å². The average molecular weight is 445 g/mol. The van der Waals surface area contributed by atoms with Gasteiger partial charge in [0.1, 0.15) is 0 Å². The third kappa shape index (κ3) is 7.32. The average Bonchev–Trinajstić information content (AvgIpc) is 3.05. The predicted molar refractivity (Wildman–Crippen MR) is 109 cm³/mol. The van der Waals surface area contributed by atoms with Crippen LogP contribution in [-0.2, 0) is 24.4 Å². The Kier molecular flexibility index (Phi) is 9.89. The molecule has 2 aromatic rings. The van der Waals surface area contributed by atoms with Crippen LogP contribution < -0.4 is 10.6 Å². The van der Waals surface area contributed by atoms with Crippen molar-refractivity contribution in [2.45, 2.75) is 26.6 Å². The van der Waals surface area contributed by atoms with Crippen LogP contribution in [0.1, 0.15) is 22.9 Å². The largest absolute Gasteiger partial charge is 0.380 e. The van der Waals surface area contributed by atoms with Crippen molar-refractivity contribution in [2.24, 2.45) is 4.99 Å². The van der Waals surface area contributed by atoms with Crippen molar-refractivity contribution in [1.82, 2.24) is 10.6 Å². The van der Waals surface area contributed by atoms with Crippen LogP contribution in [-0.4, -0.2) is 19.6 Å². The summed E-state index contributed by atoms with van der Waals surface area (Å²) in [5.74, 6) is 0.844. The van der Waals surface area contributed by atoms with E-state index in [1.54, 1.807) is 18.4 Å². The number of nitrogens with one attached hydrogen (secondary N) is 2. The fraction of sp³-hybridized carbons (Fsp3) is 0.353. The minimum absolute atomic E-state index is 0. The van der Waals surface area contributed by atoms with E-state index in [0.717, 1.165) is 19.0 Å². The minimum Gasteiger partial charge on any atom is -0.380 e. The van der Waals surface area contributed by atoms with Crippen molar-refractivity contribution in [2.75, 3.05) is 13.7 Å². The van der Waals surface area contributed by atoms with Crippen LogP contribution in [0.5, 0.6) is 0 Å². The SMILES string of the molecule is CCNC(=NCc1ccc(COC)cc1)NCc1cccs1.I. The first-order chi connectivity index (χ1) is 10.8. The Balaban J connectivity index is 0.00000264. The molecule has 1 aromatic heterocycles. The highest BCUT2D eigenvalue weighted by atomic mass is 127. The van der Waals surface area contributed by atoms with E-state index in [4.69, 9.17) is 4.74 Å². The van der Waals surface area contributed by atoms with Gasteiger partial charge in [-0.1, -0.05) is 30.3 Å². The van der Waals surface area contributed by atoms with Gasteiger partial charge in [-0.25, -0.2) is 4.99 Å². The third-order valence-corrected chi connectivity index (χ3v) is 3.98. The van der Waals surface area contributed by atoms with Gasteiger partial charge in [-0.3, -0.25) is 0 Å². The molecule has 0 aliphatic rings. The first-order valence-corrected chi connectivity index (χ1v) is 8.31. The first-order valence-electron chi connectivity index (χ1n) is 7.43. The van der Waals surface area contributed by atoms with Gasteiger partial charge in [-0.05, 0) is 29.5 Å². The molecule has 0 radical (unpaired) electrons. The zero-order valence-electron chi connectivity index (χ0n) is 13.5. The number of hydrogen-bond donors (Lipinski definition) is 2. The van der Waals surface area contributed by atoms with Crippen LogP contribution in [0, 0.1) is 0 Å². The molecule has 0 aliphatic heterocycles. The van der Waals surface area contributed by atoms with Crippen LogP contribution >= 0.6 is 35.3 Å². The summed E-state index contributed by atoms with van der Waals surface area (Å²) in [5, 5.41) is 8.71. The van der Waals surface area contributed by atoms with Gasteiger partial charge >= 0.3 is 0 Å². The summed E-state index contributed by atoms with van der Waals surface area (Å²) in [4.78, 5) is 5.93. The number of ether oxygens (including phenoxy) is 1. The molecule has 1 aromatic carbocycles. The van der Waals surface area contributed by atoms with Crippen molar-refractivity contribution < 1.29 is 4.74 Å². The molecule has 126 valence electrons. The molecule has 0 saturated carbocycles. The zero-order chi connectivity index (χ0) is 15.6. The number of hydrogen-bond acceptors (Lipinski definition) is 3. The number of halogens is 1. The van der Waals surface area contributed by atoms with E-state index >= 15 is 0 Å². The monoisotopic (exact) mass is 445 g/mol. The lowest BCUT2D eigenvalue weighted by Gasteiger charge is -2.10. The molecular weight excluding hydrogens is 421 g/mol. The number of thiophene rings is 1. The second kappa shape index (κ2) is 11.4. The maximum absolute atomic E-state index is 5.12. The molecule has 0 fully saturated rings. The topological polar surface area (TPSA) is 45.7 Å². The summed E-state index contributed by atoms with van der Waals surface area (Å²) >= 11 is 1.75. The molecule has 4 nitrogen and oxygen atoms in total. The van der Waals surface area contributed by atoms with Crippen molar-refractivity contribution in [3.63, 3.8) is 0 Å². The molecule has 0 atom stereocenters. The Bertz CT molecular complexity index is 570. The number of methoxy groups -OCH3 is 1. The van der Waals surface area contributed by atoms with Crippen LogP contribution in [0.15, 0.2) is 46.8 Å². The van der Waals surface area contributed by atoms with Gasteiger partial charge in [0.05, 0.1) is 19.7 Å². The van der Waals surface area contributed by atoms with Crippen molar-refractivity contribution >= 4 is 41.3 Å². The molecule has 2 N–H and O–H groups in total. The quantitative estimate of drug-likeness (QED) is 0.388. The highest BCUT2D eigenvalue weighted by Crippen LogP contribution is 2.08. The summed E-state index contributed by atoms with van der Waals surface area (Å²) in [7, 11) is 1.71. The van der Waals surface area contributed by atoms with E-state index in [1.807, 2.05) is 0 Å². The van der Waals surface area contributed by atoms with Crippen LogP contribution in [0.3, 0.4) is 0 Å². The summed E-state index contributed by atoms with van der Waals surface area (Å²) in [6.45, 7) is 5.03. The first kappa shape index (κ1) is 19.9. The number of guanidine groups is 1. The highest BCUT2D eigenvalue weighted by molar-refractivity contribution is 14.0. The predicted octanol–water partition coefficient (Wildman–Crippen LogP) is 3.77. The van der Waals surface area contributed by atoms with E-state index in [0.29, 0.717) is 13.2 Å². The highest BCUT2D eigenvalue weighted by Gasteiger charge is 1.99. The van der Waals surface area contributed by atoms with Crippen LogP contribution in [0.4, 0.5) is 0 Å². The Morgan fingerprint density at radius 2 is 1.87 bits per heavy atom. The lowest BCUT2D eigenvalue weighted by molar-refractivity contribution is 0.185. The summed E-state index contributed by atoms with van der Waals surface area (Å²) < 4.78 is 5.12. The fourth-order valence-electron chi connectivity index (χ4n) is 2.00. The van der Waals surface area contributed by atoms with Gasteiger partial charge < -0.3 is 15.4 Å². The Hall–Kier alpha value is -1.12. The molecule has 0 bridgehead atoms. The fourth-order valence-corrected chi connectivity index (χ4v) is 2.65. The second-order valence-corrected chi connectivity index (χ2v) is 5.91. The van der Waals surface area contributed by atoms with Crippen LogP contribution in [0.2, 0.25) is 0 Å².